The van der Waals surface area contributed by atoms with Crippen molar-refractivity contribution in [1.29, 1.82) is 0 Å². The molecule has 0 atom stereocenters. The zero-order valence-electron chi connectivity index (χ0n) is 14.2. The number of benzene rings is 2. The van der Waals surface area contributed by atoms with Crippen LogP contribution in [-0.4, -0.2) is 12.4 Å². The van der Waals surface area contributed by atoms with Gasteiger partial charge in [0.15, 0.2) is 0 Å². The van der Waals surface area contributed by atoms with Crippen LogP contribution in [0, 0.1) is 27.7 Å². The Kier molecular flexibility index (Phi) is 4.70. The molecule has 0 saturated heterocycles. The van der Waals surface area contributed by atoms with E-state index in [9.17, 15) is 26.3 Å². The minimum absolute atomic E-state index is 0.0466. The number of halogens is 6. The van der Waals surface area contributed by atoms with Gasteiger partial charge in [-0.1, -0.05) is 47.5 Å². The first-order valence-electron chi connectivity index (χ1n) is 7.61. The van der Waals surface area contributed by atoms with Gasteiger partial charge in [-0.2, -0.15) is 26.3 Å². The van der Waals surface area contributed by atoms with Crippen molar-refractivity contribution in [3.05, 3.63) is 69.8 Å². The molecule has 0 aromatic heterocycles. The molecule has 0 aliphatic heterocycles. The molecule has 0 bridgehead atoms. The van der Waals surface area contributed by atoms with E-state index in [4.69, 9.17) is 0 Å². The molecule has 0 saturated carbocycles. The van der Waals surface area contributed by atoms with Gasteiger partial charge in [-0.25, -0.2) is 0 Å². The lowest BCUT2D eigenvalue weighted by Gasteiger charge is -2.40. The van der Waals surface area contributed by atoms with Crippen LogP contribution in [0.3, 0.4) is 0 Å². The highest BCUT2D eigenvalue weighted by atomic mass is 19.4. The first-order valence-corrected chi connectivity index (χ1v) is 7.61. The summed E-state index contributed by atoms with van der Waals surface area (Å²) in [6, 6.07) is 7.10. The Morgan fingerprint density at radius 1 is 0.560 bits per heavy atom. The molecule has 0 N–H and O–H groups in total. The predicted octanol–water partition coefficient (Wildman–Crippen LogP) is 6.33. The molecule has 2 rings (SSSR count). The van der Waals surface area contributed by atoms with Crippen LogP contribution < -0.4 is 0 Å². The number of hydrogen-bond acceptors (Lipinski definition) is 0. The molecular formula is C19H18F6. The second-order valence-electron chi connectivity index (χ2n) is 6.38. The summed E-state index contributed by atoms with van der Waals surface area (Å²) in [4.78, 5) is 0. The van der Waals surface area contributed by atoms with E-state index in [0.717, 1.165) is 12.1 Å². The lowest BCUT2D eigenvalue weighted by Crippen LogP contribution is -2.55. The number of alkyl halides is 6. The maximum Gasteiger partial charge on any atom is 0.411 e. The summed E-state index contributed by atoms with van der Waals surface area (Å²) in [5.74, 6) is 0. The zero-order valence-corrected chi connectivity index (χ0v) is 14.2. The van der Waals surface area contributed by atoms with Crippen molar-refractivity contribution in [3.8, 4) is 0 Å². The summed E-state index contributed by atoms with van der Waals surface area (Å²) >= 11 is 0. The fourth-order valence-corrected chi connectivity index (χ4v) is 3.39. The molecule has 0 aliphatic rings. The lowest BCUT2D eigenvalue weighted by atomic mass is 9.69. The first-order chi connectivity index (χ1) is 11.3. The fourth-order valence-electron chi connectivity index (χ4n) is 3.39. The third-order valence-electron chi connectivity index (χ3n) is 4.42. The Morgan fingerprint density at radius 2 is 0.880 bits per heavy atom. The fraction of sp³-hybridized carbons (Fsp3) is 0.368. The van der Waals surface area contributed by atoms with Gasteiger partial charge in [-0.3, -0.25) is 0 Å². The summed E-state index contributed by atoms with van der Waals surface area (Å²) in [6.45, 7) is 5.80. The van der Waals surface area contributed by atoms with Crippen LogP contribution in [0.2, 0.25) is 0 Å². The smallest absolute Gasteiger partial charge is 0.169 e. The van der Waals surface area contributed by atoms with Crippen LogP contribution in [0.4, 0.5) is 26.3 Å². The van der Waals surface area contributed by atoms with Crippen molar-refractivity contribution >= 4 is 0 Å². The second-order valence-corrected chi connectivity index (χ2v) is 6.38. The molecule has 0 spiro atoms. The standard InChI is InChI=1S/C19H18F6/c1-11-5-7-15(13(3)9-11)17(18(20,21)22,19(23,24)25)16-8-6-12(2)10-14(16)4/h5-10H,1-4H3. The van der Waals surface area contributed by atoms with Crippen molar-refractivity contribution in [2.24, 2.45) is 0 Å². The van der Waals surface area contributed by atoms with Gasteiger partial charge in [0, 0.05) is 0 Å². The van der Waals surface area contributed by atoms with E-state index in [1.54, 1.807) is 13.8 Å². The average molecular weight is 360 g/mol. The van der Waals surface area contributed by atoms with E-state index in [1.807, 2.05) is 0 Å². The van der Waals surface area contributed by atoms with E-state index in [1.165, 1.54) is 38.1 Å². The Balaban J connectivity index is 3.02. The third kappa shape index (κ3) is 3.02. The quantitative estimate of drug-likeness (QED) is 0.549. The highest BCUT2D eigenvalue weighted by Crippen LogP contribution is 2.57. The summed E-state index contributed by atoms with van der Waals surface area (Å²) in [5.41, 5.74) is -4.55. The molecule has 0 aliphatic carbocycles. The highest BCUT2D eigenvalue weighted by molar-refractivity contribution is 5.51. The van der Waals surface area contributed by atoms with E-state index >= 15 is 0 Å². The molecule has 25 heavy (non-hydrogen) atoms. The summed E-state index contributed by atoms with van der Waals surface area (Å²) in [6.07, 6.45) is -11.1. The van der Waals surface area contributed by atoms with Crippen molar-refractivity contribution < 1.29 is 26.3 Å². The molecule has 2 aromatic rings. The van der Waals surface area contributed by atoms with E-state index in [2.05, 4.69) is 0 Å². The van der Waals surface area contributed by atoms with E-state index in [-0.39, 0.29) is 11.1 Å². The van der Waals surface area contributed by atoms with Gasteiger partial charge in [0.1, 0.15) is 0 Å². The molecular weight excluding hydrogens is 342 g/mol. The first kappa shape index (κ1) is 19.3. The molecule has 0 unspecified atom stereocenters. The van der Waals surface area contributed by atoms with E-state index < -0.39 is 28.9 Å². The molecule has 0 heterocycles. The molecule has 0 radical (unpaired) electrons. The van der Waals surface area contributed by atoms with Gasteiger partial charge in [0.25, 0.3) is 0 Å². The largest absolute Gasteiger partial charge is 0.411 e. The van der Waals surface area contributed by atoms with E-state index in [0.29, 0.717) is 11.1 Å². The lowest BCUT2D eigenvalue weighted by molar-refractivity contribution is -0.289. The van der Waals surface area contributed by atoms with Crippen LogP contribution in [0.1, 0.15) is 33.4 Å². The number of aryl methyl sites for hydroxylation is 4. The molecule has 0 nitrogen and oxygen atoms in total. The Labute approximate surface area is 142 Å². The predicted molar refractivity (Wildman–Crippen MR) is 84.7 cm³/mol. The van der Waals surface area contributed by atoms with Gasteiger partial charge in [-0.05, 0) is 49.9 Å². The summed E-state index contributed by atoms with van der Waals surface area (Å²) in [5, 5.41) is 0. The number of hydrogen-bond donors (Lipinski definition) is 0. The van der Waals surface area contributed by atoms with Crippen LogP contribution >= 0.6 is 0 Å². The normalized spacial score (nSPS) is 13.2. The van der Waals surface area contributed by atoms with Gasteiger partial charge in [0.2, 0.25) is 5.41 Å². The summed E-state index contributed by atoms with van der Waals surface area (Å²) < 4.78 is 84.5. The van der Waals surface area contributed by atoms with Crippen molar-refractivity contribution in [2.45, 2.75) is 45.5 Å². The molecule has 2 aromatic carbocycles. The maximum atomic E-state index is 14.1. The minimum atomic E-state index is -5.55. The minimum Gasteiger partial charge on any atom is -0.169 e. The maximum absolute atomic E-state index is 14.1. The average Bonchev–Trinajstić information content (AvgIpc) is 2.40. The molecule has 136 valence electrons. The zero-order chi connectivity index (χ0) is 19.2. The topological polar surface area (TPSA) is 0 Å². The molecule has 0 fully saturated rings. The SMILES string of the molecule is Cc1ccc(C(c2ccc(C)cc2C)(C(F)(F)F)C(F)(F)F)c(C)c1. The Bertz CT molecular complexity index is 716. The van der Waals surface area contributed by atoms with Crippen LogP contribution in [0.15, 0.2) is 36.4 Å². The number of rotatable bonds is 2. The van der Waals surface area contributed by atoms with Gasteiger partial charge < -0.3 is 0 Å². The molecule has 0 amide bonds. The third-order valence-corrected chi connectivity index (χ3v) is 4.42. The van der Waals surface area contributed by atoms with Crippen LogP contribution in [0.25, 0.3) is 0 Å². The highest BCUT2D eigenvalue weighted by Gasteiger charge is 2.73. The molecule has 6 heteroatoms. The van der Waals surface area contributed by atoms with Crippen molar-refractivity contribution in [1.82, 2.24) is 0 Å². The van der Waals surface area contributed by atoms with Gasteiger partial charge >= 0.3 is 12.4 Å². The second kappa shape index (κ2) is 6.07. The van der Waals surface area contributed by atoms with Gasteiger partial charge in [-0.15, -0.1) is 0 Å². The van der Waals surface area contributed by atoms with Crippen molar-refractivity contribution in [2.75, 3.05) is 0 Å². The monoisotopic (exact) mass is 360 g/mol. The summed E-state index contributed by atoms with van der Waals surface area (Å²) in [7, 11) is 0. The van der Waals surface area contributed by atoms with Crippen LogP contribution in [0.5, 0.6) is 0 Å². The van der Waals surface area contributed by atoms with Crippen molar-refractivity contribution in [3.63, 3.8) is 0 Å². The Hall–Kier alpha value is -1.98. The van der Waals surface area contributed by atoms with Crippen LogP contribution in [-0.2, 0) is 5.41 Å². The van der Waals surface area contributed by atoms with Gasteiger partial charge in [0.05, 0.1) is 0 Å². The Morgan fingerprint density at radius 3 is 1.12 bits per heavy atom.